The molecule has 0 saturated carbocycles. The molecule has 7 heteroatoms. The van der Waals surface area contributed by atoms with Crippen LogP contribution in [0.2, 0.25) is 0 Å². The summed E-state index contributed by atoms with van der Waals surface area (Å²) < 4.78 is 11.2. The summed E-state index contributed by atoms with van der Waals surface area (Å²) in [6, 6.07) is 8.13. The number of ether oxygens (including phenoxy) is 2. The lowest BCUT2D eigenvalue weighted by atomic mass is 9.93. The van der Waals surface area contributed by atoms with Crippen LogP contribution >= 0.6 is 0 Å². The molecule has 3 heterocycles. The van der Waals surface area contributed by atoms with Crippen molar-refractivity contribution in [2.45, 2.75) is 44.8 Å². The lowest BCUT2D eigenvalue weighted by Gasteiger charge is -2.27. The van der Waals surface area contributed by atoms with Crippen LogP contribution in [-0.4, -0.2) is 53.0 Å². The molecule has 2 aliphatic heterocycles. The van der Waals surface area contributed by atoms with E-state index >= 15 is 0 Å². The molecular weight excluding hydrogens is 408 g/mol. The van der Waals surface area contributed by atoms with Crippen molar-refractivity contribution in [3.63, 3.8) is 0 Å². The standard InChI is InChI=1S/C25H28N2O5/c1-15(2)19-12-16(8-9-20(19)31-3)23(28)21-22(17-6-4-10-26-13-17)27(25(30)24(21)29)14-18-7-5-11-32-18/h4,6,8-10,12-13,15,18,22,28H,5,7,11,14H2,1-3H3/b23-21-. The molecule has 2 aromatic rings. The summed E-state index contributed by atoms with van der Waals surface area (Å²) in [4.78, 5) is 31.8. The van der Waals surface area contributed by atoms with Crippen LogP contribution in [0.15, 0.2) is 48.3 Å². The van der Waals surface area contributed by atoms with Crippen molar-refractivity contribution >= 4 is 17.4 Å². The topological polar surface area (TPSA) is 89.0 Å². The van der Waals surface area contributed by atoms with Crippen molar-refractivity contribution in [1.82, 2.24) is 9.88 Å². The van der Waals surface area contributed by atoms with E-state index in [4.69, 9.17) is 9.47 Å². The van der Waals surface area contributed by atoms with Gasteiger partial charge in [-0.05, 0) is 54.2 Å². The Kier molecular flexibility index (Phi) is 6.28. The van der Waals surface area contributed by atoms with Gasteiger partial charge in [-0.1, -0.05) is 19.9 Å². The largest absolute Gasteiger partial charge is 0.507 e. The van der Waals surface area contributed by atoms with Crippen molar-refractivity contribution < 1.29 is 24.2 Å². The van der Waals surface area contributed by atoms with E-state index < -0.39 is 17.7 Å². The molecule has 168 valence electrons. The van der Waals surface area contributed by atoms with E-state index in [1.807, 2.05) is 26.0 Å². The molecule has 2 unspecified atom stereocenters. The number of carbonyl (C=O) groups is 2. The van der Waals surface area contributed by atoms with Crippen LogP contribution in [0.3, 0.4) is 0 Å². The van der Waals surface area contributed by atoms with Crippen LogP contribution in [0, 0.1) is 0 Å². The number of aliphatic hydroxyl groups excluding tert-OH is 1. The monoisotopic (exact) mass is 436 g/mol. The summed E-state index contributed by atoms with van der Waals surface area (Å²) >= 11 is 0. The summed E-state index contributed by atoms with van der Waals surface area (Å²) in [5, 5.41) is 11.3. The number of aromatic nitrogens is 1. The van der Waals surface area contributed by atoms with E-state index in [-0.39, 0.29) is 23.4 Å². The highest BCUT2D eigenvalue weighted by Crippen LogP contribution is 2.40. The Morgan fingerprint density at radius 2 is 2.12 bits per heavy atom. The molecule has 4 rings (SSSR count). The minimum absolute atomic E-state index is 0.0702. The predicted molar refractivity (Wildman–Crippen MR) is 119 cm³/mol. The number of amides is 1. The molecule has 0 bridgehead atoms. The van der Waals surface area contributed by atoms with Crippen LogP contribution in [-0.2, 0) is 14.3 Å². The van der Waals surface area contributed by atoms with Crippen LogP contribution in [0.1, 0.15) is 55.3 Å². The Labute approximate surface area is 187 Å². The molecule has 1 aromatic heterocycles. The maximum atomic E-state index is 13.1. The first-order valence-corrected chi connectivity index (χ1v) is 10.9. The summed E-state index contributed by atoms with van der Waals surface area (Å²) in [5.41, 5.74) is 2.12. The first-order chi connectivity index (χ1) is 15.4. The highest BCUT2D eigenvalue weighted by Gasteiger charge is 2.47. The van der Waals surface area contributed by atoms with Crippen molar-refractivity contribution in [1.29, 1.82) is 0 Å². The molecule has 0 spiro atoms. The van der Waals surface area contributed by atoms with Crippen molar-refractivity contribution in [2.75, 3.05) is 20.3 Å². The second-order valence-corrected chi connectivity index (χ2v) is 8.48. The summed E-state index contributed by atoms with van der Waals surface area (Å²) in [6.07, 6.45) is 4.89. The first kappa shape index (κ1) is 22.0. The number of nitrogens with zero attached hydrogens (tertiary/aromatic N) is 2. The average molecular weight is 437 g/mol. The highest BCUT2D eigenvalue weighted by atomic mass is 16.5. The summed E-state index contributed by atoms with van der Waals surface area (Å²) in [5.74, 6) is -0.672. The maximum absolute atomic E-state index is 13.1. The second-order valence-electron chi connectivity index (χ2n) is 8.48. The fourth-order valence-electron chi connectivity index (χ4n) is 4.45. The zero-order valence-electron chi connectivity index (χ0n) is 18.6. The third-order valence-corrected chi connectivity index (χ3v) is 6.09. The normalized spacial score (nSPS) is 22.7. The van der Waals surface area contributed by atoms with Gasteiger partial charge in [0.2, 0.25) is 0 Å². The van der Waals surface area contributed by atoms with Gasteiger partial charge in [0, 0.05) is 31.1 Å². The molecule has 1 aromatic carbocycles. The zero-order valence-corrected chi connectivity index (χ0v) is 18.6. The molecule has 0 aliphatic carbocycles. The molecule has 1 amide bonds. The number of aliphatic hydroxyl groups is 1. The molecule has 2 fully saturated rings. The van der Waals surface area contributed by atoms with Gasteiger partial charge in [0.05, 0.1) is 24.8 Å². The Hall–Kier alpha value is -3.19. The van der Waals surface area contributed by atoms with Gasteiger partial charge >= 0.3 is 0 Å². The van der Waals surface area contributed by atoms with Crippen LogP contribution in [0.5, 0.6) is 5.75 Å². The van der Waals surface area contributed by atoms with Gasteiger partial charge in [-0.15, -0.1) is 0 Å². The summed E-state index contributed by atoms with van der Waals surface area (Å²) in [6.45, 7) is 4.99. The highest BCUT2D eigenvalue weighted by molar-refractivity contribution is 6.46. The molecular formula is C25H28N2O5. The average Bonchev–Trinajstić information content (AvgIpc) is 3.41. The van der Waals surface area contributed by atoms with Crippen molar-refractivity contribution in [3.05, 3.63) is 65.0 Å². The molecule has 2 saturated heterocycles. The fraction of sp³-hybridized carbons (Fsp3) is 0.400. The molecule has 2 aliphatic rings. The molecule has 32 heavy (non-hydrogen) atoms. The fourth-order valence-corrected chi connectivity index (χ4v) is 4.45. The number of rotatable bonds is 6. The van der Waals surface area contributed by atoms with Gasteiger partial charge < -0.3 is 19.5 Å². The van der Waals surface area contributed by atoms with Gasteiger partial charge in [-0.3, -0.25) is 14.6 Å². The maximum Gasteiger partial charge on any atom is 0.295 e. The number of pyridine rings is 1. The SMILES string of the molecule is COc1ccc(/C(O)=C2/C(=O)C(=O)N(CC3CCCO3)C2c2cccnc2)cc1C(C)C. The van der Waals surface area contributed by atoms with Crippen LogP contribution < -0.4 is 4.74 Å². The minimum Gasteiger partial charge on any atom is -0.507 e. The Morgan fingerprint density at radius 1 is 1.31 bits per heavy atom. The number of hydrogen-bond acceptors (Lipinski definition) is 6. The number of likely N-dealkylation sites (tertiary alicyclic amines) is 1. The van der Waals surface area contributed by atoms with E-state index in [1.165, 1.54) is 4.90 Å². The van der Waals surface area contributed by atoms with Gasteiger partial charge in [-0.2, -0.15) is 0 Å². The quantitative estimate of drug-likeness (QED) is 0.421. The van der Waals surface area contributed by atoms with E-state index in [0.29, 0.717) is 30.0 Å². The lowest BCUT2D eigenvalue weighted by Crippen LogP contribution is -2.36. The Balaban J connectivity index is 1.83. The second kappa shape index (κ2) is 9.12. The van der Waals surface area contributed by atoms with Crippen molar-refractivity contribution in [2.24, 2.45) is 0 Å². The number of methoxy groups -OCH3 is 1. The van der Waals surface area contributed by atoms with Gasteiger partial charge in [0.1, 0.15) is 11.5 Å². The number of hydrogen-bond donors (Lipinski definition) is 1. The predicted octanol–water partition coefficient (Wildman–Crippen LogP) is 3.81. The molecule has 1 N–H and O–H groups in total. The zero-order chi connectivity index (χ0) is 22.8. The van der Waals surface area contributed by atoms with Crippen LogP contribution in [0.25, 0.3) is 5.76 Å². The van der Waals surface area contributed by atoms with E-state index in [9.17, 15) is 14.7 Å². The number of carbonyl (C=O) groups excluding carboxylic acids is 2. The smallest absolute Gasteiger partial charge is 0.295 e. The summed E-state index contributed by atoms with van der Waals surface area (Å²) in [7, 11) is 1.60. The number of Topliss-reactive ketones (excluding diaryl/α,β-unsaturated/α-hetero) is 1. The van der Waals surface area contributed by atoms with Crippen molar-refractivity contribution in [3.8, 4) is 5.75 Å². The van der Waals surface area contributed by atoms with E-state index in [2.05, 4.69) is 4.98 Å². The van der Waals surface area contributed by atoms with Crippen LogP contribution in [0.4, 0.5) is 0 Å². The molecule has 2 atom stereocenters. The lowest BCUT2D eigenvalue weighted by molar-refractivity contribution is -0.140. The van der Waals surface area contributed by atoms with Gasteiger partial charge in [0.15, 0.2) is 0 Å². The van der Waals surface area contributed by atoms with Gasteiger partial charge in [-0.25, -0.2) is 0 Å². The van der Waals surface area contributed by atoms with E-state index in [0.717, 1.165) is 18.4 Å². The van der Waals surface area contributed by atoms with E-state index in [1.54, 1.807) is 37.7 Å². The first-order valence-electron chi connectivity index (χ1n) is 10.9. The molecule has 7 nitrogen and oxygen atoms in total. The Morgan fingerprint density at radius 3 is 2.75 bits per heavy atom. The Bertz CT molecular complexity index is 1040. The molecule has 0 radical (unpaired) electrons. The van der Waals surface area contributed by atoms with Gasteiger partial charge in [0.25, 0.3) is 11.7 Å². The minimum atomic E-state index is -0.725. The number of ketones is 1. The third kappa shape index (κ3) is 4.00. The third-order valence-electron chi connectivity index (χ3n) is 6.09. The number of benzene rings is 1.